The highest BCUT2D eigenvalue weighted by molar-refractivity contribution is 6.32. The average Bonchev–Trinajstić information content (AvgIpc) is 3.27. The molecule has 182 valence electrons. The molecular formula is C28H28ClNO5. The molecule has 3 aromatic rings. The molecule has 1 N–H and O–H groups in total. The molecule has 1 aliphatic carbocycles. The summed E-state index contributed by atoms with van der Waals surface area (Å²) in [6.07, 6.45) is 1.48. The molecule has 0 bridgehead atoms. The van der Waals surface area contributed by atoms with E-state index < -0.39 is 0 Å². The first-order valence-corrected chi connectivity index (χ1v) is 12.4. The first-order chi connectivity index (χ1) is 17.1. The second-order valence-electron chi connectivity index (χ2n) is 9.32. The van der Waals surface area contributed by atoms with Gasteiger partial charge in [-0.25, -0.2) is 0 Å². The van der Waals surface area contributed by atoms with E-state index in [9.17, 15) is 5.11 Å². The molecule has 0 radical (unpaired) electrons. The third-order valence-corrected chi connectivity index (χ3v) is 7.30. The number of hydrogen-bond acceptors (Lipinski definition) is 6. The third kappa shape index (κ3) is 4.31. The second kappa shape index (κ2) is 9.26. The Morgan fingerprint density at radius 1 is 1.03 bits per heavy atom. The van der Waals surface area contributed by atoms with Crippen LogP contribution in [0.5, 0.6) is 23.0 Å². The summed E-state index contributed by atoms with van der Waals surface area (Å²) in [6, 6.07) is 16.3. The normalized spacial score (nSPS) is 19.2. The molecule has 35 heavy (non-hydrogen) atoms. The summed E-state index contributed by atoms with van der Waals surface area (Å²) in [5.74, 6) is 2.96. The fourth-order valence-corrected chi connectivity index (χ4v) is 5.50. The predicted molar refractivity (Wildman–Crippen MR) is 134 cm³/mol. The lowest BCUT2D eigenvalue weighted by molar-refractivity contribution is -0.00323. The van der Waals surface area contributed by atoms with Crippen molar-refractivity contribution in [1.29, 1.82) is 0 Å². The van der Waals surface area contributed by atoms with Crippen LogP contribution in [0.4, 0.5) is 0 Å². The number of methoxy groups -OCH3 is 1. The minimum Gasteiger partial charge on any atom is -0.496 e. The SMILES string of the molecule is COc1cc(O[C@H]2CCc3c(-c4ccc5c(c4)OCCO5)cccc32)c(Cl)cc1CN1CC(O)C1. The van der Waals surface area contributed by atoms with E-state index >= 15 is 0 Å². The van der Waals surface area contributed by atoms with Crippen LogP contribution in [0.2, 0.25) is 5.02 Å². The molecule has 0 aromatic heterocycles. The summed E-state index contributed by atoms with van der Waals surface area (Å²) in [5.41, 5.74) is 5.79. The quantitative estimate of drug-likeness (QED) is 0.519. The predicted octanol–water partition coefficient (Wildman–Crippen LogP) is 5.03. The van der Waals surface area contributed by atoms with Crippen LogP contribution in [0, 0.1) is 0 Å². The fourth-order valence-electron chi connectivity index (χ4n) is 5.27. The summed E-state index contributed by atoms with van der Waals surface area (Å²) in [7, 11) is 1.66. The van der Waals surface area contributed by atoms with Crippen molar-refractivity contribution < 1.29 is 24.1 Å². The Morgan fingerprint density at radius 3 is 2.66 bits per heavy atom. The minimum atomic E-state index is -0.242. The van der Waals surface area contributed by atoms with E-state index in [4.69, 9.17) is 30.5 Å². The van der Waals surface area contributed by atoms with Crippen molar-refractivity contribution in [1.82, 2.24) is 4.90 Å². The molecule has 0 spiro atoms. The van der Waals surface area contributed by atoms with E-state index in [1.54, 1.807) is 7.11 Å². The first kappa shape index (κ1) is 22.5. The molecule has 0 saturated carbocycles. The fraction of sp³-hybridized carbons (Fsp3) is 0.357. The number of β-amino-alcohol motifs (C(OH)–C–C–N with tert-alkyl or cyclic N) is 1. The number of hydrogen-bond donors (Lipinski definition) is 1. The summed E-state index contributed by atoms with van der Waals surface area (Å²) in [4.78, 5) is 2.16. The molecule has 1 atom stereocenters. The van der Waals surface area contributed by atoms with E-state index in [-0.39, 0.29) is 12.2 Å². The zero-order valence-corrected chi connectivity index (χ0v) is 20.4. The summed E-state index contributed by atoms with van der Waals surface area (Å²) < 4.78 is 23.6. The van der Waals surface area contributed by atoms with Crippen molar-refractivity contribution in [3.63, 3.8) is 0 Å². The number of likely N-dealkylation sites (tertiary alicyclic amines) is 1. The Hall–Kier alpha value is -2.93. The summed E-state index contributed by atoms with van der Waals surface area (Å²) >= 11 is 6.66. The van der Waals surface area contributed by atoms with Gasteiger partial charge in [0.15, 0.2) is 11.5 Å². The number of ether oxygens (including phenoxy) is 4. The van der Waals surface area contributed by atoms with Crippen molar-refractivity contribution >= 4 is 11.6 Å². The number of halogens is 1. The van der Waals surface area contributed by atoms with Crippen molar-refractivity contribution in [2.24, 2.45) is 0 Å². The topological polar surface area (TPSA) is 60.4 Å². The highest BCUT2D eigenvalue weighted by Gasteiger charge is 2.29. The number of nitrogens with zero attached hydrogens (tertiary/aromatic N) is 1. The van der Waals surface area contributed by atoms with Gasteiger partial charge in [0.05, 0.1) is 18.2 Å². The van der Waals surface area contributed by atoms with Gasteiger partial charge in [-0.2, -0.15) is 0 Å². The van der Waals surface area contributed by atoms with Gasteiger partial charge in [0.1, 0.15) is 30.8 Å². The standard InChI is InChI=1S/C28H28ClNO5/c1-32-26-13-27(23(29)11-18(26)14-30-15-19(31)16-30)35-24-8-6-21-20(3-2-4-22(21)24)17-5-7-25-28(12-17)34-10-9-33-25/h2-5,7,11-13,19,24,31H,6,8-10,14-16H2,1H3/t24-/m0/s1. The molecule has 6 rings (SSSR count). The molecule has 2 heterocycles. The van der Waals surface area contributed by atoms with Crippen LogP contribution in [0.3, 0.4) is 0 Å². The van der Waals surface area contributed by atoms with E-state index in [0.717, 1.165) is 41.2 Å². The highest BCUT2D eigenvalue weighted by atomic mass is 35.5. The van der Waals surface area contributed by atoms with Crippen LogP contribution in [0.25, 0.3) is 11.1 Å². The number of aliphatic hydroxyl groups excluding tert-OH is 1. The van der Waals surface area contributed by atoms with E-state index in [0.29, 0.717) is 43.6 Å². The minimum absolute atomic E-state index is 0.0826. The van der Waals surface area contributed by atoms with Gasteiger partial charge in [-0.1, -0.05) is 35.9 Å². The van der Waals surface area contributed by atoms with E-state index in [2.05, 4.69) is 35.2 Å². The monoisotopic (exact) mass is 493 g/mol. The number of aliphatic hydroxyl groups is 1. The largest absolute Gasteiger partial charge is 0.496 e. The molecule has 1 saturated heterocycles. The maximum absolute atomic E-state index is 9.57. The van der Waals surface area contributed by atoms with E-state index in [1.165, 1.54) is 16.7 Å². The van der Waals surface area contributed by atoms with Crippen LogP contribution >= 0.6 is 11.6 Å². The Bertz CT molecular complexity index is 1260. The Kier molecular flexibility index (Phi) is 5.96. The van der Waals surface area contributed by atoms with Gasteiger partial charge in [-0.05, 0) is 53.3 Å². The van der Waals surface area contributed by atoms with Gasteiger partial charge in [0.2, 0.25) is 0 Å². The Balaban J connectivity index is 1.25. The lowest BCUT2D eigenvalue weighted by Crippen LogP contribution is -2.49. The molecule has 2 aliphatic heterocycles. The van der Waals surface area contributed by atoms with Crippen molar-refractivity contribution in [2.45, 2.75) is 31.6 Å². The van der Waals surface area contributed by atoms with Crippen molar-refractivity contribution in [3.05, 3.63) is 70.2 Å². The lowest BCUT2D eigenvalue weighted by Gasteiger charge is -2.36. The van der Waals surface area contributed by atoms with Crippen LogP contribution in [0.15, 0.2) is 48.5 Å². The first-order valence-electron chi connectivity index (χ1n) is 12.0. The van der Waals surface area contributed by atoms with Gasteiger partial charge in [-0.15, -0.1) is 0 Å². The molecule has 1 fully saturated rings. The number of rotatable bonds is 6. The van der Waals surface area contributed by atoms with Crippen LogP contribution in [0.1, 0.15) is 29.2 Å². The molecule has 3 aromatic carbocycles. The van der Waals surface area contributed by atoms with Crippen LogP contribution in [-0.4, -0.2) is 49.5 Å². The van der Waals surface area contributed by atoms with Gasteiger partial charge >= 0.3 is 0 Å². The maximum Gasteiger partial charge on any atom is 0.161 e. The van der Waals surface area contributed by atoms with Crippen molar-refractivity contribution in [3.8, 4) is 34.1 Å². The second-order valence-corrected chi connectivity index (χ2v) is 9.73. The third-order valence-electron chi connectivity index (χ3n) is 7.00. The van der Waals surface area contributed by atoms with Gasteiger partial charge in [0, 0.05) is 31.3 Å². The van der Waals surface area contributed by atoms with Gasteiger partial charge in [0.25, 0.3) is 0 Å². The van der Waals surface area contributed by atoms with Crippen molar-refractivity contribution in [2.75, 3.05) is 33.4 Å². The lowest BCUT2D eigenvalue weighted by atomic mass is 9.96. The van der Waals surface area contributed by atoms with Gasteiger partial charge in [-0.3, -0.25) is 4.90 Å². The Morgan fingerprint density at radius 2 is 1.86 bits per heavy atom. The summed E-state index contributed by atoms with van der Waals surface area (Å²) in [6.45, 7) is 3.18. The zero-order chi connectivity index (χ0) is 23.9. The smallest absolute Gasteiger partial charge is 0.161 e. The maximum atomic E-state index is 9.57. The molecule has 7 heteroatoms. The molecule has 3 aliphatic rings. The molecule has 0 unspecified atom stereocenters. The Labute approximate surface area is 209 Å². The van der Waals surface area contributed by atoms with Gasteiger partial charge < -0.3 is 24.1 Å². The number of benzene rings is 3. The summed E-state index contributed by atoms with van der Waals surface area (Å²) in [5, 5.41) is 10.1. The van der Waals surface area contributed by atoms with E-state index in [1.807, 2.05) is 18.2 Å². The zero-order valence-electron chi connectivity index (χ0n) is 19.6. The number of fused-ring (bicyclic) bond motifs is 2. The molecular weight excluding hydrogens is 466 g/mol. The molecule has 0 amide bonds. The average molecular weight is 494 g/mol. The molecule has 6 nitrogen and oxygen atoms in total. The van der Waals surface area contributed by atoms with Crippen LogP contribution < -0.4 is 18.9 Å². The van der Waals surface area contributed by atoms with Crippen LogP contribution in [-0.2, 0) is 13.0 Å². The highest BCUT2D eigenvalue weighted by Crippen LogP contribution is 2.44.